The van der Waals surface area contributed by atoms with Crippen molar-refractivity contribution in [2.45, 2.75) is 77.6 Å². The van der Waals surface area contributed by atoms with Crippen molar-refractivity contribution in [1.29, 1.82) is 0 Å². The lowest BCUT2D eigenvalue weighted by Gasteiger charge is -2.46. The van der Waals surface area contributed by atoms with Crippen LogP contribution in [0, 0.1) is 35.0 Å². The van der Waals surface area contributed by atoms with Gasteiger partial charge in [0.25, 0.3) is 0 Å². The van der Waals surface area contributed by atoms with Crippen LogP contribution in [0.15, 0.2) is 0 Å². The molecular formula is C18H28. The quantitative estimate of drug-likeness (QED) is 0.515. The first-order valence-electron chi connectivity index (χ1n) is 8.25. The molecule has 100 valence electrons. The Labute approximate surface area is 113 Å². The summed E-state index contributed by atoms with van der Waals surface area (Å²) in [6, 6.07) is 0. The number of hydrogen-bond acceptors (Lipinski definition) is 0. The van der Waals surface area contributed by atoms with E-state index >= 15 is 0 Å². The molecule has 0 aliphatic heterocycles. The van der Waals surface area contributed by atoms with Gasteiger partial charge in [0.15, 0.2) is 0 Å². The first-order valence-corrected chi connectivity index (χ1v) is 8.25. The Kier molecular flexibility index (Phi) is 3.69. The normalized spacial score (nSPS) is 44.4. The minimum atomic E-state index is 0.707. The van der Waals surface area contributed by atoms with Crippen molar-refractivity contribution in [1.82, 2.24) is 0 Å². The second kappa shape index (κ2) is 5.28. The maximum Gasteiger partial charge on any atom is 0.0120 e. The molecule has 0 spiro atoms. The Balaban J connectivity index is 1.78. The Morgan fingerprint density at radius 1 is 0.889 bits per heavy atom. The summed E-state index contributed by atoms with van der Waals surface area (Å²) in [6.07, 6.45) is 15.6. The molecule has 0 heterocycles. The topological polar surface area (TPSA) is 0 Å². The molecule has 3 aliphatic carbocycles. The molecule has 0 aromatic heterocycles. The molecule has 0 heteroatoms. The van der Waals surface area contributed by atoms with Gasteiger partial charge in [-0.3, -0.25) is 0 Å². The van der Waals surface area contributed by atoms with Gasteiger partial charge in [-0.1, -0.05) is 26.2 Å². The van der Waals surface area contributed by atoms with Crippen LogP contribution in [0.1, 0.15) is 77.6 Å². The predicted octanol–water partition coefficient (Wildman–Crippen LogP) is 5.18. The third-order valence-electron chi connectivity index (χ3n) is 6.20. The van der Waals surface area contributed by atoms with E-state index in [0.717, 1.165) is 24.2 Å². The number of rotatable bonds is 0. The predicted molar refractivity (Wildman–Crippen MR) is 77.1 cm³/mol. The van der Waals surface area contributed by atoms with Crippen molar-refractivity contribution in [2.24, 2.45) is 23.2 Å². The van der Waals surface area contributed by atoms with Gasteiger partial charge in [-0.25, -0.2) is 0 Å². The second-order valence-corrected chi connectivity index (χ2v) is 7.27. The van der Waals surface area contributed by atoms with E-state index in [9.17, 15) is 0 Å². The van der Waals surface area contributed by atoms with Crippen molar-refractivity contribution in [3.8, 4) is 11.8 Å². The molecule has 18 heavy (non-hydrogen) atoms. The van der Waals surface area contributed by atoms with Crippen LogP contribution < -0.4 is 0 Å². The van der Waals surface area contributed by atoms with E-state index < -0.39 is 0 Å². The highest BCUT2D eigenvalue weighted by Gasteiger charge is 2.47. The van der Waals surface area contributed by atoms with Gasteiger partial charge in [0.05, 0.1) is 0 Å². The zero-order valence-corrected chi connectivity index (χ0v) is 12.0. The summed E-state index contributed by atoms with van der Waals surface area (Å²) in [4.78, 5) is 0. The van der Waals surface area contributed by atoms with Crippen LogP contribution in [0.3, 0.4) is 0 Å². The van der Waals surface area contributed by atoms with Crippen LogP contribution in [0.2, 0.25) is 0 Å². The lowest BCUT2D eigenvalue weighted by molar-refractivity contribution is 0.0354. The van der Waals surface area contributed by atoms with Crippen molar-refractivity contribution < 1.29 is 0 Å². The van der Waals surface area contributed by atoms with Gasteiger partial charge in [-0.15, -0.1) is 11.8 Å². The molecule has 0 bridgehead atoms. The van der Waals surface area contributed by atoms with Gasteiger partial charge in [0, 0.05) is 12.8 Å². The van der Waals surface area contributed by atoms with Crippen LogP contribution in [0.25, 0.3) is 0 Å². The summed E-state index contributed by atoms with van der Waals surface area (Å²) in [5, 5.41) is 0. The van der Waals surface area contributed by atoms with Crippen molar-refractivity contribution in [3.63, 3.8) is 0 Å². The fourth-order valence-corrected chi connectivity index (χ4v) is 5.11. The van der Waals surface area contributed by atoms with E-state index in [0.29, 0.717) is 5.41 Å². The number of hydrogen-bond donors (Lipinski definition) is 0. The molecule has 0 unspecified atom stereocenters. The first-order chi connectivity index (χ1) is 8.80. The van der Waals surface area contributed by atoms with E-state index in [2.05, 4.69) is 18.8 Å². The average molecular weight is 244 g/mol. The Morgan fingerprint density at radius 2 is 1.83 bits per heavy atom. The van der Waals surface area contributed by atoms with E-state index in [-0.39, 0.29) is 0 Å². The van der Waals surface area contributed by atoms with Crippen LogP contribution in [-0.4, -0.2) is 0 Å². The molecule has 0 aromatic carbocycles. The molecule has 0 N–H and O–H groups in total. The van der Waals surface area contributed by atoms with Gasteiger partial charge in [-0.2, -0.15) is 0 Å². The molecule has 0 nitrogen and oxygen atoms in total. The lowest BCUT2D eigenvalue weighted by atomic mass is 9.58. The SMILES string of the molecule is C[C@@]12CCC[C@H]1[C@@H]1CCCCCC#CC[C@H]1CC2. The average Bonchev–Trinajstić information content (AvgIpc) is 2.77. The highest BCUT2D eigenvalue weighted by atomic mass is 14.5. The van der Waals surface area contributed by atoms with Gasteiger partial charge in [0.2, 0.25) is 0 Å². The molecule has 0 amide bonds. The minimum absolute atomic E-state index is 0.707. The minimum Gasteiger partial charge on any atom is -0.103 e. The molecule has 0 saturated heterocycles. The molecule has 4 atom stereocenters. The third-order valence-corrected chi connectivity index (χ3v) is 6.20. The monoisotopic (exact) mass is 244 g/mol. The van der Waals surface area contributed by atoms with Crippen molar-refractivity contribution in [2.75, 3.05) is 0 Å². The summed E-state index contributed by atoms with van der Waals surface area (Å²) in [5.41, 5.74) is 0.707. The molecule has 0 radical (unpaired) electrons. The maximum absolute atomic E-state index is 3.50. The molecule has 2 fully saturated rings. The Hall–Kier alpha value is -0.440. The summed E-state index contributed by atoms with van der Waals surface area (Å²) < 4.78 is 0. The van der Waals surface area contributed by atoms with Gasteiger partial charge < -0.3 is 0 Å². The Morgan fingerprint density at radius 3 is 2.78 bits per heavy atom. The largest absolute Gasteiger partial charge is 0.103 e. The molecule has 0 aromatic rings. The van der Waals surface area contributed by atoms with E-state index in [1.807, 2.05) is 0 Å². The molecular weight excluding hydrogens is 216 g/mol. The van der Waals surface area contributed by atoms with E-state index in [4.69, 9.17) is 0 Å². The van der Waals surface area contributed by atoms with E-state index in [1.165, 1.54) is 64.2 Å². The summed E-state index contributed by atoms with van der Waals surface area (Å²) >= 11 is 0. The number of fused-ring (bicyclic) bond motifs is 3. The second-order valence-electron chi connectivity index (χ2n) is 7.27. The highest BCUT2D eigenvalue weighted by Crippen LogP contribution is 2.57. The summed E-state index contributed by atoms with van der Waals surface area (Å²) in [5.74, 6) is 9.89. The maximum atomic E-state index is 3.50. The zero-order valence-electron chi connectivity index (χ0n) is 12.0. The van der Waals surface area contributed by atoms with Gasteiger partial charge >= 0.3 is 0 Å². The Bertz CT molecular complexity index is 345. The summed E-state index contributed by atoms with van der Waals surface area (Å²) in [6.45, 7) is 2.59. The fraction of sp³-hybridized carbons (Fsp3) is 0.889. The third kappa shape index (κ3) is 2.34. The summed E-state index contributed by atoms with van der Waals surface area (Å²) in [7, 11) is 0. The van der Waals surface area contributed by atoms with Gasteiger partial charge in [0.1, 0.15) is 0 Å². The molecule has 2 saturated carbocycles. The lowest BCUT2D eigenvalue weighted by Crippen LogP contribution is -2.38. The van der Waals surface area contributed by atoms with Crippen LogP contribution in [-0.2, 0) is 0 Å². The van der Waals surface area contributed by atoms with Gasteiger partial charge in [-0.05, 0) is 61.7 Å². The highest BCUT2D eigenvalue weighted by molar-refractivity contribution is 5.05. The molecule has 3 rings (SSSR count). The molecule has 3 aliphatic rings. The van der Waals surface area contributed by atoms with E-state index in [1.54, 1.807) is 0 Å². The van der Waals surface area contributed by atoms with Crippen molar-refractivity contribution >= 4 is 0 Å². The standard InChI is InChI=1S/C18H28/c1-18-13-8-11-17(18)16-10-7-5-3-2-4-6-9-15(16)12-14-18/h15-17H,2-3,5,7-14H2,1H3/t15-,16+,17-,18-/m0/s1. The smallest absolute Gasteiger partial charge is 0.0120 e. The fourth-order valence-electron chi connectivity index (χ4n) is 5.11. The zero-order chi connectivity index (χ0) is 12.4. The first kappa shape index (κ1) is 12.6. The van der Waals surface area contributed by atoms with Crippen LogP contribution in [0.4, 0.5) is 0 Å². The van der Waals surface area contributed by atoms with Crippen molar-refractivity contribution in [3.05, 3.63) is 0 Å². The van der Waals surface area contributed by atoms with Crippen LogP contribution in [0.5, 0.6) is 0 Å². The van der Waals surface area contributed by atoms with Crippen LogP contribution >= 0.6 is 0 Å².